The van der Waals surface area contributed by atoms with Crippen molar-refractivity contribution in [1.29, 1.82) is 0 Å². The first-order valence-electron chi connectivity index (χ1n) is 7.05. The van der Waals surface area contributed by atoms with Gasteiger partial charge in [-0.15, -0.1) is 0 Å². The highest BCUT2D eigenvalue weighted by Crippen LogP contribution is 2.13. The van der Waals surface area contributed by atoms with Gasteiger partial charge in [0.05, 0.1) is 0 Å². The summed E-state index contributed by atoms with van der Waals surface area (Å²) < 4.78 is 0. The molecule has 0 saturated carbocycles. The fourth-order valence-corrected chi connectivity index (χ4v) is 2.42. The van der Waals surface area contributed by atoms with Crippen molar-refractivity contribution >= 4 is 24.4 Å². The Morgan fingerprint density at radius 3 is 2.05 bits per heavy atom. The van der Waals surface area contributed by atoms with Crippen molar-refractivity contribution in [3.05, 3.63) is 0 Å². The molecule has 0 aliphatic heterocycles. The molecule has 0 fully saturated rings. The summed E-state index contributed by atoms with van der Waals surface area (Å²) in [6, 6.07) is -0.300. The standard InChI is InChI=1S/C14H28N2O2S/c1-6-12(7-2)16(8-10(3)4)14(18)13(9-19)15-11(5)17/h10,12-13,19H,6-9H2,1-5H3,(H,15,17). The number of nitrogens with zero attached hydrogens (tertiary/aromatic N) is 1. The lowest BCUT2D eigenvalue weighted by molar-refractivity contribution is -0.138. The van der Waals surface area contributed by atoms with Gasteiger partial charge >= 0.3 is 0 Å². The van der Waals surface area contributed by atoms with Crippen LogP contribution in [0, 0.1) is 5.92 Å². The van der Waals surface area contributed by atoms with Crippen molar-refractivity contribution in [1.82, 2.24) is 10.2 Å². The molecule has 4 nitrogen and oxygen atoms in total. The van der Waals surface area contributed by atoms with Gasteiger partial charge in [0.25, 0.3) is 0 Å². The molecular weight excluding hydrogens is 260 g/mol. The van der Waals surface area contributed by atoms with Crippen molar-refractivity contribution in [3.63, 3.8) is 0 Å². The summed E-state index contributed by atoms with van der Waals surface area (Å²) in [5, 5.41) is 2.68. The van der Waals surface area contributed by atoms with Crippen LogP contribution in [0.2, 0.25) is 0 Å². The van der Waals surface area contributed by atoms with Crippen LogP contribution in [0.1, 0.15) is 47.5 Å². The van der Waals surface area contributed by atoms with Crippen molar-refractivity contribution in [2.24, 2.45) is 5.92 Å². The highest BCUT2D eigenvalue weighted by Gasteiger charge is 2.28. The monoisotopic (exact) mass is 288 g/mol. The van der Waals surface area contributed by atoms with E-state index in [4.69, 9.17) is 0 Å². The van der Waals surface area contributed by atoms with Gasteiger partial charge in [-0.1, -0.05) is 27.7 Å². The van der Waals surface area contributed by atoms with E-state index >= 15 is 0 Å². The van der Waals surface area contributed by atoms with Gasteiger partial charge in [-0.3, -0.25) is 9.59 Å². The summed E-state index contributed by atoms with van der Waals surface area (Å²) in [6.07, 6.45) is 1.85. The maximum absolute atomic E-state index is 12.6. The topological polar surface area (TPSA) is 49.4 Å². The predicted molar refractivity (Wildman–Crippen MR) is 82.4 cm³/mol. The van der Waals surface area contributed by atoms with Crippen LogP contribution in [0.25, 0.3) is 0 Å². The molecule has 0 aromatic carbocycles. The Labute approximate surface area is 122 Å². The first-order chi connectivity index (χ1) is 8.87. The van der Waals surface area contributed by atoms with E-state index < -0.39 is 6.04 Å². The van der Waals surface area contributed by atoms with E-state index in [0.29, 0.717) is 11.7 Å². The molecule has 0 aromatic heterocycles. The molecule has 1 atom stereocenters. The van der Waals surface area contributed by atoms with Crippen LogP contribution < -0.4 is 5.32 Å². The average Bonchev–Trinajstić information content (AvgIpc) is 2.34. The normalized spacial score (nSPS) is 12.6. The summed E-state index contributed by atoms with van der Waals surface area (Å²) in [5.74, 6) is 0.518. The fourth-order valence-electron chi connectivity index (χ4n) is 2.17. The zero-order chi connectivity index (χ0) is 15.0. The molecule has 19 heavy (non-hydrogen) atoms. The minimum absolute atomic E-state index is 0.0207. The van der Waals surface area contributed by atoms with E-state index in [-0.39, 0.29) is 17.9 Å². The van der Waals surface area contributed by atoms with E-state index in [1.807, 2.05) is 4.90 Å². The fraction of sp³-hybridized carbons (Fsp3) is 0.857. The van der Waals surface area contributed by atoms with Crippen molar-refractivity contribution in [2.45, 2.75) is 59.5 Å². The van der Waals surface area contributed by atoms with Gasteiger partial charge in [0.1, 0.15) is 6.04 Å². The largest absolute Gasteiger partial charge is 0.344 e. The maximum atomic E-state index is 12.6. The summed E-state index contributed by atoms with van der Waals surface area (Å²) in [7, 11) is 0. The molecule has 0 bridgehead atoms. The number of amides is 2. The molecule has 1 N–H and O–H groups in total. The first kappa shape index (κ1) is 18.3. The highest BCUT2D eigenvalue weighted by atomic mass is 32.1. The molecule has 0 aromatic rings. The highest BCUT2D eigenvalue weighted by molar-refractivity contribution is 7.80. The van der Waals surface area contributed by atoms with Gasteiger partial charge in [-0.05, 0) is 18.8 Å². The van der Waals surface area contributed by atoms with E-state index in [1.165, 1.54) is 6.92 Å². The first-order valence-corrected chi connectivity index (χ1v) is 7.68. The summed E-state index contributed by atoms with van der Waals surface area (Å²) in [5.41, 5.74) is 0. The number of carbonyl (C=O) groups is 2. The zero-order valence-electron chi connectivity index (χ0n) is 12.8. The van der Waals surface area contributed by atoms with Crippen LogP contribution in [0.3, 0.4) is 0 Å². The molecule has 5 heteroatoms. The molecule has 2 amide bonds. The number of hydrogen-bond donors (Lipinski definition) is 2. The second-order valence-corrected chi connectivity index (χ2v) is 5.66. The molecule has 0 radical (unpaired) electrons. The Morgan fingerprint density at radius 1 is 1.21 bits per heavy atom. The minimum Gasteiger partial charge on any atom is -0.344 e. The third kappa shape index (κ3) is 6.32. The molecule has 0 heterocycles. The van der Waals surface area contributed by atoms with Gasteiger partial charge in [0, 0.05) is 25.3 Å². The van der Waals surface area contributed by atoms with E-state index in [0.717, 1.165) is 19.4 Å². The third-order valence-corrected chi connectivity index (χ3v) is 3.45. The second-order valence-electron chi connectivity index (χ2n) is 5.29. The van der Waals surface area contributed by atoms with Crippen molar-refractivity contribution < 1.29 is 9.59 Å². The molecule has 1 unspecified atom stereocenters. The SMILES string of the molecule is CCC(CC)N(CC(C)C)C(=O)C(CS)NC(C)=O. The second kappa shape index (κ2) is 9.23. The lowest BCUT2D eigenvalue weighted by atomic mass is 10.1. The molecule has 0 aliphatic rings. The molecule has 0 saturated heterocycles. The molecule has 0 rings (SSSR count). The Bertz CT molecular complexity index is 291. The number of rotatable bonds is 8. The molecule has 0 spiro atoms. The van der Waals surface area contributed by atoms with Crippen LogP contribution in [-0.2, 0) is 9.59 Å². The van der Waals surface area contributed by atoms with Crippen LogP contribution >= 0.6 is 12.6 Å². The van der Waals surface area contributed by atoms with Gasteiger partial charge in [-0.2, -0.15) is 12.6 Å². The number of hydrogen-bond acceptors (Lipinski definition) is 3. The summed E-state index contributed by atoms with van der Waals surface area (Å²) in [6.45, 7) is 10.5. The van der Waals surface area contributed by atoms with E-state index in [9.17, 15) is 9.59 Å². The number of thiol groups is 1. The quantitative estimate of drug-likeness (QED) is 0.672. The van der Waals surface area contributed by atoms with Crippen molar-refractivity contribution in [2.75, 3.05) is 12.3 Å². The van der Waals surface area contributed by atoms with Crippen LogP contribution in [0.5, 0.6) is 0 Å². The summed E-state index contributed by atoms with van der Waals surface area (Å²) in [4.78, 5) is 25.6. The van der Waals surface area contributed by atoms with Crippen molar-refractivity contribution in [3.8, 4) is 0 Å². The van der Waals surface area contributed by atoms with Gasteiger partial charge in [0.2, 0.25) is 11.8 Å². The number of nitrogens with one attached hydrogen (secondary N) is 1. The van der Waals surface area contributed by atoms with Gasteiger partial charge in [0.15, 0.2) is 0 Å². The average molecular weight is 288 g/mol. The van der Waals surface area contributed by atoms with Crippen LogP contribution in [-0.4, -0.2) is 41.1 Å². The van der Waals surface area contributed by atoms with Gasteiger partial charge < -0.3 is 10.2 Å². The zero-order valence-corrected chi connectivity index (χ0v) is 13.7. The lowest BCUT2D eigenvalue weighted by Crippen LogP contribution is -2.53. The maximum Gasteiger partial charge on any atom is 0.246 e. The Morgan fingerprint density at radius 2 is 1.74 bits per heavy atom. The Hall–Kier alpha value is -0.710. The molecular formula is C14H28N2O2S. The van der Waals surface area contributed by atoms with E-state index in [2.05, 4.69) is 45.6 Å². The van der Waals surface area contributed by atoms with Crippen LogP contribution in [0.15, 0.2) is 0 Å². The summed E-state index contributed by atoms with van der Waals surface area (Å²) >= 11 is 4.18. The number of carbonyl (C=O) groups excluding carboxylic acids is 2. The Kier molecular flexibility index (Phi) is 8.89. The Balaban J connectivity index is 4.99. The smallest absolute Gasteiger partial charge is 0.246 e. The van der Waals surface area contributed by atoms with Gasteiger partial charge in [-0.25, -0.2) is 0 Å². The third-order valence-electron chi connectivity index (χ3n) is 3.09. The molecule has 0 aliphatic carbocycles. The lowest BCUT2D eigenvalue weighted by Gasteiger charge is -2.34. The van der Waals surface area contributed by atoms with E-state index in [1.54, 1.807) is 0 Å². The minimum atomic E-state index is -0.528. The predicted octanol–water partition coefficient (Wildman–Crippen LogP) is 2.09. The van der Waals surface area contributed by atoms with Crippen LogP contribution in [0.4, 0.5) is 0 Å². The molecule has 112 valence electrons.